The fourth-order valence-corrected chi connectivity index (χ4v) is 1.10. The first-order chi connectivity index (χ1) is 7.88. The first kappa shape index (κ1) is 12.9. The van der Waals surface area contributed by atoms with Gasteiger partial charge in [0, 0.05) is 0 Å². The summed E-state index contributed by atoms with van der Waals surface area (Å²) in [5.74, 6) is -1.24. The third kappa shape index (κ3) is 4.09. The van der Waals surface area contributed by atoms with E-state index in [1.807, 2.05) is 0 Å². The van der Waals surface area contributed by atoms with E-state index in [1.165, 1.54) is 6.07 Å². The van der Waals surface area contributed by atoms with Crippen LogP contribution >= 0.6 is 0 Å². The van der Waals surface area contributed by atoms with Gasteiger partial charge in [-0.15, -0.1) is 0 Å². The molecule has 0 unspecified atom stereocenters. The maximum Gasteiger partial charge on any atom is 0.488 e. The van der Waals surface area contributed by atoms with Crippen molar-refractivity contribution in [3.8, 4) is 0 Å². The number of hydrogen-bond acceptors (Lipinski definition) is 3. The van der Waals surface area contributed by atoms with Gasteiger partial charge >= 0.3 is 7.12 Å². The second-order valence-corrected chi connectivity index (χ2v) is 3.12. The molecule has 0 aliphatic rings. The highest BCUT2D eigenvalue weighted by molar-refractivity contribution is 6.58. The zero-order valence-corrected chi connectivity index (χ0v) is 8.71. The smallest absolute Gasteiger partial charge is 0.423 e. The van der Waals surface area contributed by atoms with Crippen molar-refractivity contribution < 1.29 is 14.4 Å². The molecule has 0 saturated carbocycles. The SMILES string of the molecule is NC(N)=NC(N)=Nc1cc(F)cc(B(O)O)c1. The standard InChI is InChI=1S/C8H11BFN5O2/c10-5-1-4(9(16)17)2-6(3-5)14-8(13)15-7(11)12/h1-3,16-17H,(H6,11,12,13,14,15). The Hall–Kier alpha value is -2.13. The molecule has 0 aliphatic heterocycles. The lowest BCUT2D eigenvalue weighted by Gasteiger charge is -2.02. The van der Waals surface area contributed by atoms with Crippen molar-refractivity contribution in [1.29, 1.82) is 0 Å². The fourth-order valence-electron chi connectivity index (χ4n) is 1.10. The average molecular weight is 239 g/mol. The molecule has 1 aromatic carbocycles. The molecule has 9 heteroatoms. The van der Waals surface area contributed by atoms with E-state index in [4.69, 9.17) is 27.2 Å². The van der Waals surface area contributed by atoms with Crippen molar-refractivity contribution in [3.05, 3.63) is 24.0 Å². The van der Waals surface area contributed by atoms with Crippen LogP contribution < -0.4 is 22.7 Å². The van der Waals surface area contributed by atoms with E-state index >= 15 is 0 Å². The summed E-state index contributed by atoms with van der Waals surface area (Å²) in [4.78, 5) is 7.12. The van der Waals surface area contributed by atoms with E-state index in [1.54, 1.807) is 0 Å². The molecule has 1 rings (SSSR count). The minimum absolute atomic E-state index is 0.0544. The Labute approximate surface area is 96.6 Å². The number of aliphatic imine (C=N–C) groups is 2. The largest absolute Gasteiger partial charge is 0.488 e. The predicted octanol–water partition coefficient (Wildman–Crippen LogP) is -2.27. The van der Waals surface area contributed by atoms with Crippen LogP contribution in [0.2, 0.25) is 0 Å². The van der Waals surface area contributed by atoms with Crippen molar-refractivity contribution in [3.63, 3.8) is 0 Å². The summed E-state index contributed by atoms with van der Waals surface area (Å²) >= 11 is 0. The minimum Gasteiger partial charge on any atom is -0.423 e. The van der Waals surface area contributed by atoms with Crippen LogP contribution in [0.25, 0.3) is 0 Å². The van der Waals surface area contributed by atoms with Crippen LogP contribution in [0.5, 0.6) is 0 Å². The Morgan fingerprint density at radius 2 is 1.82 bits per heavy atom. The monoisotopic (exact) mass is 239 g/mol. The zero-order valence-electron chi connectivity index (χ0n) is 8.71. The molecule has 0 aromatic heterocycles. The molecule has 90 valence electrons. The summed E-state index contributed by atoms with van der Waals surface area (Å²) in [5, 5.41) is 17.8. The third-order valence-corrected chi connectivity index (χ3v) is 1.69. The number of guanidine groups is 2. The van der Waals surface area contributed by atoms with Gasteiger partial charge in [-0.25, -0.2) is 9.38 Å². The Balaban J connectivity index is 3.11. The second-order valence-electron chi connectivity index (χ2n) is 3.12. The van der Waals surface area contributed by atoms with E-state index < -0.39 is 12.9 Å². The Morgan fingerprint density at radius 3 is 2.35 bits per heavy atom. The van der Waals surface area contributed by atoms with Gasteiger partial charge in [0.05, 0.1) is 5.69 Å². The third-order valence-electron chi connectivity index (χ3n) is 1.69. The molecule has 8 N–H and O–H groups in total. The van der Waals surface area contributed by atoms with Crippen molar-refractivity contribution >= 4 is 30.2 Å². The van der Waals surface area contributed by atoms with Gasteiger partial charge in [-0.1, -0.05) is 0 Å². The van der Waals surface area contributed by atoms with Gasteiger partial charge in [-0.3, -0.25) is 0 Å². The van der Waals surface area contributed by atoms with Crippen molar-refractivity contribution in [2.24, 2.45) is 27.2 Å². The highest BCUT2D eigenvalue weighted by Gasteiger charge is 2.13. The summed E-state index contributed by atoms with van der Waals surface area (Å²) in [7, 11) is -1.80. The first-order valence-corrected chi connectivity index (χ1v) is 4.49. The molecule has 0 bridgehead atoms. The molecule has 0 spiro atoms. The van der Waals surface area contributed by atoms with Gasteiger partial charge in [0.1, 0.15) is 5.82 Å². The topological polar surface area (TPSA) is 143 Å². The van der Waals surface area contributed by atoms with E-state index in [0.29, 0.717) is 0 Å². The van der Waals surface area contributed by atoms with E-state index in [0.717, 1.165) is 12.1 Å². The van der Waals surface area contributed by atoms with Crippen molar-refractivity contribution in [1.82, 2.24) is 0 Å². The lowest BCUT2D eigenvalue weighted by molar-refractivity contribution is 0.425. The summed E-state index contributed by atoms with van der Waals surface area (Å²) < 4.78 is 13.1. The molecular formula is C8H11BFN5O2. The van der Waals surface area contributed by atoms with Gasteiger partial charge < -0.3 is 27.2 Å². The quantitative estimate of drug-likeness (QED) is 0.224. The highest BCUT2D eigenvalue weighted by Crippen LogP contribution is 2.12. The molecule has 0 atom stereocenters. The second kappa shape index (κ2) is 5.28. The van der Waals surface area contributed by atoms with Gasteiger partial charge in [0.25, 0.3) is 0 Å². The number of halogens is 1. The normalized spacial score (nSPS) is 11.1. The molecular weight excluding hydrogens is 228 g/mol. The molecule has 0 radical (unpaired) electrons. The average Bonchev–Trinajstić information content (AvgIpc) is 2.14. The Bertz CT molecular complexity index is 473. The van der Waals surface area contributed by atoms with Gasteiger partial charge in [-0.05, 0) is 23.7 Å². The summed E-state index contributed by atoms with van der Waals surface area (Å²) in [6, 6.07) is 3.24. The van der Waals surface area contributed by atoms with Crippen molar-refractivity contribution in [2.45, 2.75) is 0 Å². The van der Waals surface area contributed by atoms with E-state index in [-0.39, 0.29) is 23.1 Å². The zero-order chi connectivity index (χ0) is 13.0. The predicted molar refractivity (Wildman–Crippen MR) is 63.3 cm³/mol. The summed E-state index contributed by atoms with van der Waals surface area (Å²) in [6.07, 6.45) is 0. The molecule has 0 heterocycles. The van der Waals surface area contributed by atoms with Crippen LogP contribution in [0.15, 0.2) is 28.2 Å². The number of benzene rings is 1. The minimum atomic E-state index is -1.80. The lowest BCUT2D eigenvalue weighted by atomic mass is 9.80. The van der Waals surface area contributed by atoms with Crippen LogP contribution in [-0.2, 0) is 0 Å². The van der Waals surface area contributed by atoms with Crippen LogP contribution in [-0.4, -0.2) is 29.1 Å². The molecule has 17 heavy (non-hydrogen) atoms. The number of rotatable bonds is 2. The molecule has 1 aromatic rings. The maximum atomic E-state index is 13.1. The van der Waals surface area contributed by atoms with Crippen molar-refractivity contribution in [2.75, 3.05) is 0 Å². The Kier molecular flexibility index (Phi) is 4.02. The van der Waals surface area contributed by atoms with Gasteiger partial charge in [0.15, 0.2) is 5.96 Å². The molecule has 0 amide bonds. The number of hydrogen-bond donors (Lipinski definition) is 5. The summed E-state index contributed by atoms with van der Waals surface area (Å²) in [6.45, 7) is 0. The molecule has 7 nitrogen and oxygen atoms in total. The van der Waals surface area contributed by atoms with Crippen LogP contribution in [0.4, 0.5) is 10.1 Å². The first-order valence-electron chi connectivity index (χ1n) is 4.49. The highest BCUT2D eigenvalue weighted by atomic mass is 19.1. The molecule has 0 saturated heterocycles. The van der Waals surface area contributed by atoms with E-state index in [9.17, 15) is 4.39 Å². The lowest BCUT2D eigenvalue weighted by Crippen LogP contribution is -2.30. The van der Waals surface area contributed by atoms with E-state index in [2.05, 4.69) is 9.98 Å². The van der Waals surface area contributed by atoms with Crippen LogP contribution in [0, 0.1) is 5.82 Å². The summed E-state index contributed by atoms with van der Waals surface area (Å²) in [5.41, 5.74) is 15.5. The number of nitrogens with two attached hydrogens (primary N) is 3. The molecule has 0 aliphatic carbocycles. The molecule has 0 fully saturated rings. The fraction of sp³-hybridized carbons (Fsp3) is 0. The maximum absolute atomic E-state index is 13.1. The van der Waals surface area contributed by atoms with Crippen LogP contribution in [0.3, 0.4) is 0 Å². The number of nitrogens with zero attached hydrogens (tertiary/aromatic N) is 2. The van der Waals surface area contributed by atoms with Gasteiger partial charge in [0.2, 0.25) is 5.96 Å². The van der Waals surface area contributed by atoms with Gasteiger partial charge in [-0.2, -0.15) is 4.99 Å². The Morgan fingerprint density at radius 1 is 1.18 bits per heavy atom. The van der Waals surface area contributed by atoms with Crippen LogP contribution in [0.1, 0.15) is 0 Å².